The van der Waals surface area contributed by atoms with Gasteiger partial charge in [0.1, 0.15) is 0 Å². The number of furan rings is 1. The van der Waals surface area contributed by atoms with Crippen LogP contribution in [0.5, 0.6) is 11.5 Å². The maximum absolute atomic E-state index is 12.0. The molecule has 0 spiro atoms. The highest BCUT2D eigenvalue weighted by Crippen LogP contribution is 2.42. The summed E-state index contributed by atoms with van der Waals surface area (Å²) in [5.41, 5.74) is 1.26. The highest BCUT2D eigenvalue weighted by Gasteiger charge is 2.34. The zero-order valence-electron chi connectivity index (χ0n) is 19.6. The van der Waals surface area contributed by atoms with E-state index in [0.29, 0.717) is 24.8 Å². The van der Waals surface area contributed by atoms with Crippen LogP contribution < -0.4 is 25.4 Å². The van der Waals surface area contributed by atoms with E-state index in [2.05, 4.69) is 33.1 Å². The van der Waals surface area contributed by atoms with Crippen molar-refractivity contribution >= 4 is 35.8 Å². The van der Waals surface area contributed by atoms with Gasteiger partial charge in [0, 0.05) is 32.1 Å². The number of ether oxygens (including phenoxy) is 2. The largest absolute Gasteiger partial charge is 0.493 e. The monoisotopic (exact) mass is 570 g/mol. The van der Waals surface area contributed by atoms with Crippen molar-refractivity contribution in [1.29, 1.82) is 0 Å². The minimum atomic E-state index is -0.227. The summed E-state index contributed by atoms with van der Waals surface area (Å²) in [6.45, 7) is 1.78. The fourth-order valence-corrected chi connectivity index (χ4v) is 4.29. The lowest BCUT2D eigenvalue weighted by Gasteiger charge is -2.38. The second-order valence-electron chi connectivity index (χ2n) is 8.00. The van der Waals surface area contributed by atoms with E-state index in [-0.39, 0.29) is 35.3 Å². The SMILES string of the molecule is CN=C(NCCNC(=O)c1ccco1)NCC1(c2ccc(OC)c(OC)c2)CCCCC1.I. The van der Waals surface area contributed by atoms with Crippen LogP contribution in [-0.4, -0.2) is 52.8 Å². The third-order valence-corrected chi connectivity index (χ3v) is 6.07. The van der Waals surface area contributed by atoms with Crippen LogP contribution in [0.2, 0.25) is 0 Å². The van der Waals surface area contributed by atoms with Crippen molar-refractivity contribution in [3.8, 4) is 11.5 Å². The predicted octanol–water partition coefficient (Wildman–Crippen LogP) is 3.71. The fraction of sp³-hybridized carbons (Fsp3) is 0.500. The summed E-state index contributed by atoms with van der Waals surface area (Å²) < 4.78 is 16.1. The van der Waals surface area contributed by atoms with Gasteiger partial charge in [-0.25, -0.2) is 0 Å². The van der Waals surface area contributed by atoms with Crippen molar-refractivity contribution in [3.05, 3.63) is 47.9 Å². The number of rotatable bonds is 9. The number of carbonyl (C=O) groups excluding carboxylic acids is 1. The number of guanidine groups is 1. The Labute approximate surface area is 212 Å². The van der Waals surface area contributed by atoms with Crippen molar-refractivity contribution in [1.82, 2.24) is 16.0 Å². The van der Waals surface area contributed by atoms with Crippen LogP contribution >= 0.6 is 24.0 Å². The van der Waals surface area contributed by atoms with E-state index in [4.69, 9.17) is 13.9 Å². The summed E-state index contributed by atoms with van der Waals surface area (Å²) >= 11 is 0. The predicted molar refractivity (Wildman–Crippen MR) is 140 cm³/mol. The maximum Gasteiger partial charge on any atom is 0.287 e. The van der Waals surface area contributed by atoms with E-state index >= 15 is 0 Å². The first-order valence-electron chi connectivity index (χ1n) is 11.1. The molecule has 2 aromatic rings. The Morgan fingerprint density at radius 3 is 2.39 bits per heavy atom. The molecule has 0 radical (unpaired) electrons. The van der Waals surface area contributed by atoms with E-state index in [0.717, 1.165) is 30.9 Å². The van der Waals surface area contributed by atoms with Gasteiger partial charge in [-0.3, -0.25) is 9.79 Å². The number of nitrogens with zero attached hydrogens (tertiary/aromatic N) is 1. The van der Waals surface area contributed by atoms with Crippen LogP contribution in [0.3, 0.4) is 0 Å². The molecule has 9 heteroatoms. The molecule has 33 heavy (non-hydrogen) atoms. The highest BCUT2D eigenvalue weighted by atomic mass is 127. The van der Waals surface area contributed by atoms with E-state index < -0.39 is 0 Å². The second kappa shape index (κ2) is 13.3. The number of carbonyl (C=O) groups is 1. The van der Waals surface area contributed by atoms with E-state index in [1.54, 1.807) is 33.4 Å². The van der Waals surface area contributed by atoms with Crippen molar-refractivity contribution in [2.75, 3.05) is 40.9 Å². The van der Waals surface area contributed by atoms with E-state index in [9.17, 15) is 4.79 Å². The molecule has 1 aliphatic rings. The first-order valence-corrected chi connectivity index (χ1v) is 11.1. The van der Waals surface area contributed by atoms with Crippen molar-refractivity contribution in [3.63, 3.8) is 0 Å². The summed E-state index contributed by atoms with van der Waals surface area (Å²) in [5, 5.41) is 9.59. The van der Waals surface area contributed by atoms with E-state index in [1.165, 1.54) is 31.1 Å². The summed E-state index contributed by atoms with van der Waals surface area (Å²) in [5.74, 6) is 2.28. The molecule has 0 saturated heterocycles. The number of hydrogen-bond acceptors (Lipinski definition) is 5. The molecule has 0 aliphatic heterocycles. The van der Waals surface area contributed by atoms with E-state index in [1.807, 2.05) is 6.07 Å². The Morgan fingerprint density at radius 1 is 1.03 bits per heavy atom. The Morgan fingerprint density at radius 2 is 1.76 bits per heavy atom. The van der Waals surface area contributed by atoms with Gasteiger partial charge in [0.05, 0.1) is 20.5 Å². The number of methoxy groups -OCH3 is 2. The topological polar surface area (TPSA) is 97.1 Å². The summed E-state index contributed by atoms with van der Waals surface area (Å²) in [4.78, 5) is 16.3. The Kier molecular flexibility index (Phi) is 10.8. The zero-order valence-corrected chi connectivity index (χ0v) is 21.9. The molecule has 1 heterocycles. The fourth-order valence-electron chi connectivity index (χ4n) is 4.29. The molecule has 0 bridgehead atoms. The number of amides is 1. The van der Waals surface area contributed by atoms with Crippen LogP contribution in [-0.2, 0) is 5.41 Å². The molecule has 3 N–H and O–H groups in total. The van der Waals surface area contributed by atoms with Gasteiger partial charge in [0.15, 0.2) is 23.2 Å². The molecule has 1 aromatic heterocycles. The lowest BCUT2D eigenvalue weighted by atomic mass is 9.69. The molecule has 1 saturated carbocycles. The highest BCUT2D eigenvalue weighted by molar-refractivity contribution is 14.0. The van der Waals surface area contributed by atoms with Gasteiger partial charge < -0.3 is 29.8 Å². The average Bonchev–Trinajstić information content (AvgIpc) is 3.39. The molecule has 0 unspecified atom stereocenters. The van der Waals surface area contributed by atoms with Crippen LogP contribution in [0.15, 0.2) is 46.0 Å². The smallest absolute Gasteiger partial charge is 0.287 e. The number of nitrogens with one attached hydrogen (secondary N) is 3. The molecule has 182 valence electrons. The van der Waals surface area contributed by atoms with Gasteiger partial charge in [-0.05, 0) is 42.7 Å². The van der Waals surface area contributed by atoms with Crippen LogP contribution in [0, 0.1) is 0 Å². The van der Waals surface area contributed by atoms with Gasteiger partial charge in [-0.1, -0.05) is 25.3 Å². The lowest BCUT2D eigenvalue weighted by molar-refractivity contribution is 0.0926. The van der Waals surface area contributed by atoms with Gasteiger partial charge in [0.25, 0.3) is 5.91 Å². The van der Waals surface area contributed by atoms with Crippen molar-refractivity contribution in [2.45, 2.75) is 37.5 Å². The minimum absolute atomic E-state index is 0. The Hall–Kier alpha value is -2.43. The lowest BCUT2D eigenvalue weighted by Crippen LogP contribution is -2.47. The molecule has 0 atom stereocenters. The summed E-state index contributed by atoms with van der Waals surface area (Å²) in [6.07, 6.45) is 7.34. The van der Waals surface area contributed by atoms with Crippen LogP contribution in [0.4, 0.5) is 0 Å². The normalized spacial score (nSPS) is 15.2. The first kappa shape index (κ1) is 26.8. The molecule has 1 aromatic carbocycles. The molecular formula is C24H35IN4O4. The Bertz CT molecular complexity index is 896. The first-order chi connectivity index (χ1) is 15.6. The minimum Gasteiger partial charge on any atom is -0.493 e. The van der Waals surface area contributed by atoms with Gasteiger partial charge in [-0.2, -0.15) is 0 Å². The number of halogens is 1. The van der Waals surface area contributed by atoms with Gasteiger partial charge in [0.2, 0.25) is 0 Å². The van der Waals surface area contributed by atoms with Crippen LogP contribution in [0.1, 0.15) is 48.2 Å². The molecular weight excluding hydrogens is 535 g/mol. The van der Waals surface area contributed by atoms with Crippen LogP contribution in [0.25, 0.3) is 0 Å². The third kappa shape index (κ3) is 7.02. The average molecular weight is 570 g/mol. The number of hydrogen-bond donors (Lipinski definition) is 3. The van der Waals surface area contributed by atoms with Gasteiger partial charge in [-0.15, -0.1) is 24.0 Å². The molecule has 3 rings (SSSR count). The molecule has 1 fully saturated rings. The van der Waals surface area contributed by atoms with Crippen molar-refractivity contribution < 1.29 is 18.7 Å². The number of benzene rings is 1. The Balaban J connectivity index is 0.00000385. The van der Waals surface area contributed by atoms with Gasteiger partial charge >= 0.3 is 0 Å². The quantitative estimate of drug-likeness (QED) is 0.184. The molecule has 1 aliphatic carbocycles. The number of aliphatic imine (C=N–C) groups is 1. The maximum atomic E-state index is 12.0. The summed E-state index contributed by atoms with van der Waals surface area (Å²) in [6, 6.07) is 9.57. The standard InChI is InChI=1S/C24H34N4O4.HI/c1-25-23(27-14-13-26-22(29)20-8-7-15-32-20)28-17-24(11-5-4-6-12-24)18-9-10-19(30-2)21(16-18)31-3;/h7-10,15-16H,4-6,11-14,17H2,1-3H3,(H,26,29)(H2,25,27,28);1H. The third-order valence-electron chi connectivity index (χ3n) is 6.07. The molecule has 1 amide bonds. The molecule has 8 nitrogen and oxygen atoms in total. The zero-order chi connectivity index (χ0) is 22.8. The van der Waals surface area contributed by atoms with Crippen molar-refractivity contribution in [2.24, 2.45) is 4.99 Å². The summed E-state index contributed by atoms with van der Waals surface area (Å²) in [7, 11) is 5.08. The second-order valence-corrected chi connectivity index (χ2v) is 8.00.